The molecule has 0 aliphatic carbocycles. The number of hydrogen-bond acceptors (Lipinski definition) is 6. The third-order valence-electron chi connectivity index (χ3n) is 6.81. The largest absolute Gasteiger partial charge is 0.380 e. The van der Waals surface area contributed by atoms with Gasteiger partial charge in [0.25, 0.3) is 0 Å². The van der Waals surface area contributed by atoms with Gasteiger partial charge in [-0.25, -0.2) is 14.4 Å². The number of hydrogen-bond donors (Lipinski definition) is 3. The molecule has 186 valence electrons. The summed E-state index contributed by atoms with van der Waals surface area (Å²) in [7, 11) is 0. The van der Waals surface area contributed by atoms with Gasteiger partial charge in [0.1, 0.15) is 17.1 Å². The van der Waals surface area contributed by atoms with Crippen molar-refractivity contribution in [3.63, 3.8) is 0 Å². The lowest BCUT2D eigenvalue weighted by Gasteiger charge is -2.36. The second-order valence-electron chi connectivity index (χ2n) is 9.12. The van der Waals surface area contributed by atoms with E-state index in [1.807, 2.05) is 54.9 Å². The van der Waals surface area contributed by atoms with E-state index in [2.05, 4.69) is 10.6 Å². The molecule has 1 unspecified atom stereocenters. The number of carbonyl (C=O) groups excluding carboxylic acids is 1. The highest BCUT2D eigenvalue weighted by Crippen LogP contribution is 2.38. The first kappa shape index (κ1) is 24.3. The Morgan fingerprint density at radius 3 is 2.67 bits per heavy atom. The molecular weight excluding hydrogens is 475 g/mol. The molecule has 0 saturated carbocycles. The van der Waals surface area contributed by atoms with E-state index in [-0.39, 0.29) is 5.82 Å². The van der Waals surface area contributed by atoms with Crippen LogP contribution < -0.4 is 16.4 Å². The molecule has 2 aromatic carbocycles. The zero-order chi connectivity index (χ0) is 25.3. The Morgan fingerprint density at radius 2 is 2.00 bits per heavy atom. The Balaban J connectivity index is 1.54. The number of imidazole rings is 1. The third kappa shape index (κ3) is 4.44. The number of primary amides is 1. The number of nitrogens with two attached hydrogens (primary N) is 1. The van der Waals surface area contributed by atoms with Crippen LogP contribution >= 0.6 is 11.8 Å². The Bertz CT molecular complexity index is 1350. The van der Waals surface area contributed by atoms with E-state index in [4.69, 9.17) is 15.7 Å². The number of pyridine rings is 1. The molecular formula is C27H29FN6OS. The van der Waals surface area contributed by atoms with Crippen molar-refractivity contribution in [1.82, 2.24) is 19.9 Å². The molecule has 1 amide bonds. The number of aryl methyl sites for hydroxylation is 1. The quantitative estimate of drug-likeness (QED) is 0.296. The molecule has 1 fully saturated rings. The van der Waals surface area contributed by atoms with Crippen LogP contribution in [0.15, 0.2) is 66.0 Å². The van der Waals surface area contributed by atoms with Crippen LogP contribution in [0.4, 0.5) is 10.1 Å². The Morgan fingerprint density at radius 1 is 1.22 bits per heavy atom. The molecule has 0 aromatic heterocycles. The Hall–Kier alpha value is -3.43. The second kappa shape index (κ2) is 9.91. The molecule has 36 heavy (non-hydrogen) atoms. The number of fused-ring (bicyclic) bond motifs is 1. The maximum absolute atomic E-state index is 13.3. The van der Waals surface area contributed by atoms with Gasteiger partial charge >= 0.3 is 0 Å². The van der Waals surface area contributed by atoms with Crippen molar-refractivity contribution < 1.29 is 9.18 Å². The van der Waals surface area contributed by atoms with E-state index in [0.29, 0.717) is 34.9 Å². The summed E-state index contributed by atoms with van der Waals surface area (Å²) in [4.78, 5) is 22.8. The highest BCUT2D eigenvalue weighted by molar-refractivity contribution is 7.98. The lowest BCUT2D eigenvalue weighted by Crippen LogP contribution is -2.51. The number of nitrogens with zero attached hydrogens (tertiary/aromatic N) is 3. The molecule has 0 radical (unpaired) electrons. The monoisotopic (exact) mass is 504 g/mol. The normalized spacial score (nSPS) is 15.4. The van der Waals surface area contributed by atoms with Gasteiger partial charge in [0.05, 0.1) is 6.04 Å². The molecule has 3 aliphatic heterocycles. The maximum Gasteiger partial charge on any atom is 0.248 e. The van der Waals surface area contributed by atoms with Gasteiger partial charge < -0.3 is 20.9 Å². The van der Waals surface area contributed by atoms with E-state index >= 15 is 0 Å². The SMILES string of the molecule is CCC(C(N)=O)(c1cc(NC2CNC2)ccc1C)n1cccc2nc(SCc3ccc(F)cc3)nc1-2. The van der Waals surface area contributed by atoms with Crippen molar-refractivity contribution in [3.05, 3.63) is 83.3 Å². The van der Waals surface area contributed by atoms with Crippen LogP contribution in [0.3, 0.4) is 0 Å². The van der Waals surface area contributed by atoms with Crippen molar-refractivity contribution in [2.75, 3.05) is 18.4 Å². The fourth-order valence-corrected chi connectivity index (χ4v) is 5.51. The summed E-state index contributed by atoms with van der Waals surface area (Å²) in [5.41, 5.74) is 9.47. The molecule has 3 heterocycles. The molecule has 0 bridgehead atoms. The molecule has 0 spiro atoms. The van der Waals surface area contributed by atoms with Gasteiger partial charge in [-0.1, -0.05) is 36.9 Å². The minimum atomic E-state index is -1.14. The van der Waals surface area contributed by atoms with E-state index < -0.39 is 11.4 Å². The minimum Gasteiger partial charge on any atom is -0.380 e. The third-order valence-corrected chi connectivity index (χ3v) is 7.73. The van der Waals surface area contributed by atoms with Crippen LogP contribution in [0, 0.1) is 12.7 Å². The molecule has 1 saturated heterocycles. The van der Waals surface area contributed by atoms with Crippen LogP contribution in [-0.2, 0) is 16.1 Å². The van der Waals surface area contributed by atoms with Crippen molar-refractivity contribution in [3.8, 4) is 11.5 Å². The number of anilines is 1. The summed E-state index contributed by atoms with van der Waals surface area (Å²) in [5.74, 6) is 0.493. The summed E-state index contributed by atoms with van der Waals surface area (Å²) in [6.45, 7) is 5.78. The molecule has 2 aromatic rings. The van der Waals surface area contributed by atoms with E-state index in [1.165, 1.54) is 23.9 Å². The number of carbonyl (C=O) groups is 1. The second-order valence-corrected chi connectivity index (χ2v) is 10.1. The van der Waals surface area contributed by atoms with Crippen LogP contribution in [0.1, 0.15) is 30.0 Å². The first-order valence-electron chi connectivity index (χ1n) is 12.0. The van der Waals surface area contributed by atoms with Crippen molar-refractivity contribution in [2.45, 2.75) is 42.8 Å². The van der Waals surface area contributed by atoms with Gasteiger partial charge in [0, 0.05) is 30.7 Å². The molecule has 1 atom stereocenters. The number of benzene rings is 2. The summed E-state index contributed by atoms with van der Waals surface area (Å²) >= 11 is 1.47. The molecule has 5 rings (SSSR count). The summed E-state index contributed by atoms with van der Waals surface area (Å²) in [6, 6.07) is 16.6. The molecule has 3 aliphatic rings. The summed E-state index contributed by atoms with van der Waals surface area (Å²) in [5, 5.41) is 7.39. The Kier molecular flexibility index (Phi) is 6.68. The van der Waals surface area contributed by atoms with E-state index in [9.17, 15) is 9.18 Å². The fourth-order valence-electron chi connectivity index (χ4n) is 4.71. The topological polar surface area (TPSA) is 97.9 Å². The number of nitrogens with one attached hydrogen (secondary N) is 2. The highest BCUT2D eigenvalue weighted by atomic mass is 32.2. The molecule has 7 nitrogen and oxygen atoms in total. The van der Waals surface area contributed by atoms with Crippen LogP contribution in [0.25, 0.3) is 11.5 Å². The zero-order valence-electron chi connectivity index (χ0n) is 20.3. The lowest BCUT2D eigenvalue weighted by molar-refractivity contribution is -0.124. The standard InChI is InChI=1S/C27H29FN6OS/c1-3-27(25(29)35,22-13-20(11-6-17(22)2)31-21-14-30-15-21)34-12-4-5-23-24(34)33-26(32-23)36-16-18-7-9-19(28)10-8-18/h4-13,21,30-31H,3,14-16H2,1-2H3,(H2,29,35). The molecule has 4 N–H and O–H groups in total. The molecule has 9 heteroatoms. The Labute approximate surface area is 214 Å². The highest BCUT2D eigenvalue weighted by Gasteiger charge is 2.42. The number of rotatable bonds is 9. The van der Waals surface area contributed by atoms with Crippen LogP contribution in [-0.4, -0.2) is 39.6 Å². The fraction of sp³-hybridized carbons (Fsp3) is 0.296. The van der Waals surface area contributed by atoms with Crippen molar-refractivity contribution >= 4 is 23.4 Å². The summed E-state index contributed by atoms with van der Waals surface area (Å²) < 4.78 is 15.1. The van der Waals surface area contributed by atoms with Crippen molar-refractivity contribution in [2.24, 2.45) is 5.73 Å². The smallest absolute Gasteiger partial charge is 0.248 e. The van der Waals surface area contributed by atoms with Crippen LogP contribution in [0.2, 0.25) is 0 Å². The number of halogens is 1. The van der Waals surface area contributed by atoms with Gasteiger partial charge in [-0.3, -0.25) is 4.79 Å². The van der Waals surface area contributed by atoms with E-state index in [1.54, 1.807) is 12.1 Å². The number of amides is 1. The zero-order valence-corrected chi connectivity index (χ0v) is 21.1. The predicted octanol–water partition coefficient (Wildman–Crippen LogP) is 4.15. The van der Waals surface area contributed by atoms with Crippen molar-refractivity contribution in [1.29, 1.82) is 0 Å². The lowest BCUT2D eigenvalue weighted by atomic mass is 9.82. The van der Waals surface area contributed by atoms with Gasteiger partial charge in [-0.15, -0.1) is 0 Å². The van der Waals surface area contributed by atoms with E-state index in [0.717, 1.165) is 35.5 Å². The summed E-state index contributed by atoms with van der Waals surface area (Å²) in [6.07, 6.45) is 2.31. The first-order valence-corrected chi connectivity index (χ1v) is 13.0. The van der Waals surface area contributed by atoms with Gasteiger partial charge in [-0.2, -0.15) is 0 Å². The average molecular weight is 505 g/mol. The number of aromatic nitrogens is 3. The van der Waals surface area contributed by atoms with Gasteiger partial charge in [0.15, 0.2) is 11.0 Å². The predicted molar refractivity (Wildman–Crippen MR) is 141 cm³/mol. The van der Waals surface area contributed by atoms with Crippen LogP contribution in [0.5, 0.6) is 0 Å². The average Bonchev–Trinajstić information content (AvgIpc) is 3.27. The van der Waals surface area contributed by atoms with Gasteiger partial charge in [0.2, 0.25) is 5.91 Å². The first-order chi connectivity index (χ1) is 17.4. The van der Waals surface area contributed by atoms with Gasteiger partial charge in [-0.05, 0) is 66.4 Å². The number of thioether (sulfide) groups is 1. The maximum atomic E-state index is 13.3. The minimum absolute atomic E-state index is 0.263.